The second-order valence-corrected chi connectivity index (χ2v) is 4.90. The van der Waals surface area contributed by atoms with E-state index < -0.39 is 11.1 Å². The lowest BCUT2D eigenvalue weighted by molar-refractivity contribution is 0.182. The van der Waals surface area contributed by atoms with Gasteiger partial charge in [-0.3, -0.25) is 9.59 Å². The van der Waals surface area contributed by atoms with Gasteiger partial charge in [-0.1, -0.05) is 0 Å². The Bertz CT molecular complexity index is 707. The number of H-pyrrole nitrogens is 2. The number of nitrogens with one attached hydrogen (secondary N) is 3. The Hall–Kier alpha value is -2.12. The number of methoxy groups -OCH3 is 1. The van der Waals surface area contributed by atoms with Crippen molar-refractivity contribution in [1.82, 2.24) is 9.97 Å². The predicted molar refractivity (Wildman–Crippen MR) is 82.8 cm³/mol. The molecule has 0 saturated carbocycles. The zero-order valence-electron chi connectivity index (χ0n) is 11.9. The molecule has 0 aliphatic heterocycles. The number of fused-ring (bicyclic) bond motifs is 1. The lowest BCUT2D eigenvalue weighted by Crippen LogP contribution is -2.29. The number of ether oxygens (including phenoxy) is 1. The summed E-state index contributed by atoms with van der Waals surface area (Å²) in [5.74, 6) is 0. The van der Waals surface area contributed by atoms with E-state index in [0.717, 1.165) is 18.5 Å². The van der Waals surface area contributed by atoms with Crippen molar-refractivity contribution >= 4 is 16.7 Å². The summed E-state index contributed by atoms with van der Waals surface area (Å²) >= 11 is 0. The molecule has 0 amide bonds. The fourth-order valence-corrected chi connectivity index (χ4v) is 2.20. The van der Waals surface area contributed by atoms with E-state index in [1.165, 1.54) is 0 Å². The zero-order valence-corrected chi connectivity index (χ0v) is 11.9. The maximum absolute atomic E-state index is 11.4. The SMILES string of the molecule is COCC(CCCN)Nc1ccc2[nH]c(=O)c(=O)[nH]c2c1. The van der Waals surface area contributed by atoms with Gasteiger partial charge in [-0.25, -0.2) is 0 Å². The van der Waals surface area contributed by atoms with Crippen LogP contribution < -0.4 is 22.2 Å². The number of aromatic amines is 2. The Morgan fingerprint density at radius 2 is 1.95 bits per heavy atom. The average Bonchev–Trinajstić information content (AvgIpc) is 2.46. The third-order valence-electron chi connectivity index (χ3n) is 3.22. The van der Waals surface area contributed by atoms with Crippen LogP contribution in [0.4, 0.5) is 5.69 Å². The first-order chi connectivity index (χ1) is 10.1. The smallest absolute Gasteiger partial charge is 0.314 e. The Morgan fingerprint density at radius 1 is 1.24 bits per heavy atom. The largest absolute Gasteiger partial charge is 0.383 e. The van der Waals surface area contributed by atoms with Crippen molar-refractivity contribution in [2.75, 3.05) is 25.6 Å². The third-order valence-corrected chi connectivity index (χ3v) is 3.22. The van der Waals surface area contributed by atoms with E-state index in [-0.39, 0.29) is 6.04 Å². The minimum Gasteiger partial charge on any atom is -0.383 e. The lowest BCUT2D eigenvalue weighted by atomic mass is 10.1. The number of hydrogen-bond acceptors (Lipinski definition) is 5. The van der Waals surface area contributed by atoms with Gasteiger partial charge in [0, 0.05) is 18.8 Å². The van der Waals surface area contributed by atoms with Crippen molar-refractivity contribution < 1.29 is 4.74 Å². The van der Waals surface area contributed by atoms with Gasteiger partial charge in [-0.15, -0.1) is 0 Å². The standard InChI is InChI=1S/C14H20N4O3/c1-21-8-10(3-2-6-15)16-9-4-5-11-12(7-9)18-14(20)13(19)17-11/h4-5,7,10,16H,2-3,6,8,15H2,1H3,(H,17,19)(H,18,20). The molecule has 1 aromatic carbocycles. The quantitative estimate of drug-likeness (QED) is 0.551. The van der Waals surface area contributed by atoms with Crippen LogP contribution in [-0.4, -0.2) is 36.3 Å². The molecule has 1 heterocycles. The van der Waals surface area contributed by atoms with Crippen LogP contribution >= 0.6 is 0 Å². The molecule has 0 fully saturated rings. The molecule has 0 bridgehead atoms. The van der Waals surface area contributed by atoms with Crippen LogP contribution in [0, 0.1) is 0 Å². The Balaban J connectivity index is 2.23. The Kier molecular flexibility index (Phi) is 5.13. The summed E-state index contributed by atoms with van der Waals surface area (Å²) in [6.45, 7) is 1.20. The van der Waals surface area contributed by atoms with Crippen molar-refractivity contribution in [1.29, 1.82) is 0 Å². The van der Waals surface area contributed by atoms with Gasteiger partial charge in [0.15, 0.2) is 0 Å². The third kappa shape index (κ3) is 3.93. The molecule has 0 aliphatic carbocycles. The number of aromatic nitrogens is 2. The fourth-order valence-electron chi connectivity index (χ4n) is 2.20. The van der Waals surface area contributed by atoms with E-state index in [4.69, 9.17) is 10.5 Å². The van der Waals surface area contributed by atoms with Gasteiger partial charge in [-0.2, -0.15) is 0 Å². The molecule has 21 heavy (non-hydrogen) atoms. The van der Waals surface area contributed by atoms with Crippen molar-refractivity contribution in [3.63, 3.8) is 0 Å². The highest BCUT2D eigenvalue weighted by molar-refractivity contribution is 5.78. The minimum absolute atomic E-state index is 0.144. The van der Waals surface area contributed by atoms with Gasteiger partial charge in [0.25, 0.3) is 0 Å². The summed E-state index contributed by atoms with van der Waals surface area (Å²) in [4.78, 5) is 27.7. The molecule has 5 N–H and O–H groups in total. The molecule has 2 rings (SSSR count). The molecule has 0 radical (unpaired) electrons. The lowest BCUT2D eigenvalue weighted by Gasteiger charge is -2.19. The topological polar surface area (TPSA) is 113 Å². The first kappa shape index (κ1) is 15.3. The van der Waals surface area contributed by atoms with Crippen molar-refractivity contribution in [2.24, 2.45) is 5.73 Å². The van der Waals surface area contributed by atoms with Gasteiger partial charge >= 0.3 is 11.1 Å². The van der Waals surface area contributed by atoms with E-state index in [1.807, 2.05) is 6.07 Å². The van der Waals surface area contributed by atoms with Crippen LogP contribution in [0.3, 0.4) is 0 Å². The molecule has 2 aromatic rings. The van der Waals surface area contributed by atoms with E-state index in [9.17, 15) is 9.59 Å². The van der Waals surface area contributed by atoms with Crippen LogP contribution in [0.15, 0.2) is 27.8 Å². The second-order valence-electron chi connectivity index (χ2n) is 4.90. The molecular formula is C14H20N4O3. The summed E-state index contributed by atoms with van der Waals surface area (Å²) in [6, 6.07) is 5.53. The Morgan fingerprint density at radius 3 is 2.62 bits per heavy atom. The van der Waals surface area contributed by atoms with Crippen LogP contribution in [0.1, 0.15) is 12.8 Å². The zero-order chi connectivity index (χ0) is 15.2. The van der Waals surface area contributed by atoms with Crippen LogP contribution in [0.2, 0.25) is 0 Å². The van der Waals surface area contributed by atoms with Crippen molar-refractivity contribution in [3.8, 4) is 0 Å². The molecule has 1 atom stereocenters. The first-order valence-corrected chi connectivity index (χ1v) is 6.86. The van der Waals surface area contributed by atoms with Gasteiger partial charge in [0.1, 0.15) is 0 Å². The van der Waals surface area contributed by atoms with E-state index in [2.05, 4.69) is 15.3 Å². The van der Waals surface area contributed by atoms with Gasteiger partial charge in [0.05, 0.1) is 17.6 Å². The van der Waals surface area contributed by atoms with Crippen LogP contribution in [-0.2, 0) is 4.74 Å². The fraction of sp³-hybridized carbons (Fsp3) is 0.429. The van der Waals surface area contributed by atoms with Gasteiger partial charge < -0.3 is 25.8 Å². The second kappa shape index (κ2) is 7.05. The summed E-state index contributed by atoms with van der Waals surface area (Å²) in [7, 11) is 1.65. The van der Waals surface area contributed by atoms with E-state index in [0.29, 0.717) is 24.2 Å². The molecule has 0 spiro atoms. The predicted octanol–water partition coefficient (Wildman–Crippen LogP) is 0.382. The maximum Gasteiger partial charge on any atom is 0.314 e. The maximum atomic E-state index is 11.4. The molecule has 7 nitrogen and oxygen atoms in total. The highest BCUT2D eigenvalue weighted by atomic mass is 16.5. The number of hydrogen-bond donors (Lipinski definition) is 4. The van der Waals surface area contributed by atoms with E-state index in [1.54, 1.807) is 19.2 Å². The Labute approximate surface area is 121 Å². The number of nitrogens with two attached hydrogens (primary N) is 1. The van der Waals surface area contributed by atoms with Gasteiger partial charge in [-0.05, 0) is 37.6 Å². The summed E-state index contributed by atoms with van der Waals surface area (Å²) < 4.78 is 5.19. The molecule has 1 aromatic heterocycles. The number of benzene rings is 1. The normalized spacial score (nSPS) is 12.5. The molecule has 0 saturated heterocycles. The van der Waals surface area contributed by atoms with Crippen LogP contribution in [0.25, 0.3) is 11.0 Å². The molecule has 1 unspecified atom stereocenters. The minimum atomic E-state index is -0.656. The molecular weight excluding hydrogens is 272 g/mol. The molecule has 114 valence electrons. The number of rotatable bonds is 7. The highest BCUT2D eigenvalue weighted by Crippen LogP contribution is 2.16. The average molecular weight is 292 g/mol. The summed E-state index contributed by atoms with van der Waals surface area (Å²) in [5, 5.41) is 3.35. The first-order valence-electron chi connectivity index (χ1n) is 6.86. The highest BCUT2D eigenvalue weighted by Gasteiger charge is 2.08. The van der Waals surface area contributed by atoms with E-state index >= 15 is 0 Å². The molecule has 7 heteroatoms. The monoisotopic (exact) mass is 292 g/mol. The van der Waals surface area contributed by atoms with Crippen LogP contribution in [0.5, 0.6) is 0 Å². The van der Waals surface area contributed by atoms with Gasteiger partial charge in [0.2, 0.25) is 0 Å². The summed E-state index contributed by atoms with van der Waals surface area (Å²) in [6.07, 6.45) is 1.79. The molecule has 0 aliphatic rings. The summed E-state index contributed by atoms with van der Waals surface area (Å²) in [5.41, 5.74) is 6.25. The van der Waals surface area contributed by atoms with Crippen molar-refractivity contribution in [2.45, 2.75) is 18.9 Å². The van der Waals surface area contributed by atoms with Crippen molar-refractivity contribution in [3.05, 3.63) is 38.9 Å². The number of anilines is 1.